The molecule has 0 spiro atoms. The van der Waals surface area contributed by atoms with Gasteiger partial charge in [0.25, 0.3) is 10.0 Å². The molecular weight excluding hydrogens is 412 g/mol. The lowest BCUT2D eigenvalue weighted by molar-refractivity contribution is 0.229. The van der Waals surface area contributed by atoms with Crippen LogP contribution in [-0.2, 0) is 29.7 Å². The van der Waals surface area contributed by atoms with Gasteiger partial charge in [-0.05, 0) is 43.9 Å². The summed E-state index contributed by atoms with van der Waals surface area (Å²) in [5, 5.41) is 0. The zero-order valence-electron chi connectivity index (χ0n) is 15.3. The van der Waals surface area contributed by atoms with E-state index in [-0.39, 0.29) is 34.3 Å². The van der Waals surface area contributed by atoms with Crippen LogP contribution in [0.4, 0.5) is 0 Å². The molecule has 0 unspecified atom stereocenters. The van der Waals surface area contributed by atoms with Gasteiger partial charge < -0.3 is 0 Å². The third-order valence-corrected chi connectivity index (χ3v) is 10.4. The van der Waals surface area contributed by atoms with Gasteiger partial charge in [-0.2, -0.15) is 0 Å². The Balaban J connectivity index is 1.99. The summed E-state index contributed by atoms with van der Waals surface area (Å²) in [5.74, 6) is -0.527. The van der Waals surface area contributed by atoms with Crippen molar-refractivity contribution < 1.29 is 25.3 Å². The molecule has 1 aromatic rings. The molecule has 11 heteroatoms. The van der Waals surface area contributed by atoms with Crippen LogP contribution in [0.1, 0.15) is 24.0 Å². The molecule has 0 saturated carbocycles. The summed E-state index contributed by atoms with van der Waals surface area (Å²) in [6, 6.07) is 3.73. The van der Waals surface area contributed by atoms with Crippen LogP contribution in [0.2, 0.25) is 0 Å². The number of hydrazine groups is 1. The van der Waals surface area contributed by atoms with Crippen molar-refractivity contribution in [2.24, 2.45) is 0 Å². The zero-order valence-corrected chi connectivity index (χ0v) is 17.7. The molecule has 2 saturated heterocycles. The first-order chi connectivity index (χ1) is 12.4. The molecule has 0 aliphatic carbocycles. The third kappa shape index (κ3) is 4.53. The van der Waals surface area contributed by atoms with Gasteiger partial charge in [0, 0.05) is 6.04 Å². The molecule has 2 atom stereocenters. The maximum atomic E-state index is 13.4. The number of sulfonamides is 1. The first-order valence-corrected chi connectivity index (χ1v) is 13.8. The van der Waals surface area contributed by atoms with Crippen LogP contribution in [-0.4, -0.2) is 64.8 Å². The predicted molar refractivity (Wildman–Crippen MR) is 102 cm³/mol. The minimum absolute atomic E-state index is 0.00894. The van der Waals surface area contributed by atoms with Crippen LogP contribution >= 0.6 is 0 Å². The van der Waals surface area contributed by atoms with Crippen LogP contribution in [0.25, 0.3) is 0 Å². The normalized spacial score (nSPS) is 27.2. The average Bonchev–Trinajstić information content (AvgIpc) is 3.08. The summed E-state index contributed by atoms with van der Waals surface area (Å²) in [6.07, 6.45) is 0.472. The minimum atomic E-state index is -4.05. The second kappa shape index (κ2) is 7.11. The number of nitrogens with one attached hydrogen (secondary N) is 1. The Morgan fingerprint density at radius 1 is 1.00 bits per heavy atom. The molecule has 2 fully saturated rings. The summed E-state index contributed by atoms with van der Waals surface area (Å²) >= 11 is 0. The fourth-order valence-corrected chi connectivity index (χ4v) is 8.84. The number of nitrogens with zero attached hydrogens (tertiary/aromatic N) is 1. The maximum absolute atomic E-state index is 13.4. The Labute approximate surface area is 160 Å². The van der Waals surface area contributed by atoms with Gasteiger partial charge in [0.2, 0.25) is 0 Å². The average molecular weight is 437 g/mol. The van der Waals surface area contributed by atoms with Crippen LogP contribution < -0.4 is 5.43 Å². The third-order valence-electron chi connectivity index (χ3n) is 4.96. The van der Waals surface area contributed by atoms with E-state index in [1.165, 1.54) is 0 Å². The predicted octanol–water partition coefficient (Wildman–Crippen LogP) is 0.173. The molecule has 152 valence electrons. The molecule has 0 radical (unpaired) electrons. The molecular formula is C16H24N2O6S3. The monoisotopic (exact) mass is 436 g/mol. The number of hydrogen-bond acceptors (Lipinski definition) is 7. The molecule has 0 amide bonds. The number of benzene rings is 1. The topological polar surface area (TPSA) is 118 Å². The Hall–Kier alpha value is -1.01. The Kier molecular flexibility index (Phi) is 5.45. The maximum Gasteiger partial charge on any atom is 0.256 e. The van der Waals surface area contributed by atoms with E-state index in [9.17, 15) is 25.3 Å². The Morgan fingerprint density at radius 3 is 2.19 bits per heavy atom. The van der Waals surface area contributed by atoms with Crippen molar-refractivity contribution in [2.75, 3.05) is 23.0 Å². The highest BCUT2D eigenvalue weighted by molar-refractivity contribution is 7.92. The summed E-state index contributed by atoms with van der Waals surface area (Å²) in [5.41, 5.74) is 4.15. The molecule has 1 N–H and O–H groups in total. The van der Waals surface area contributed by atoms with E-state index in [1.54, 1.807) is 32.0 Å². The standard InChI is InChI=1S/C16H24N2O6S3/c1-12-3-4-13(2)16(9-12)27(23,24)18(15-6-8-26(21,22)11-15)17-14-5-7-25(19,20)10-14/h3-4,9,14-15,17H,5-8,10-11H2,1-2H3/t14-,15-/m0/s1. The number of sulfone groups is 2. The van der Waals surface area contributed by atoms with Crippen molar-refractivity contribution in [2.45, 2.75) is 43.7 Å². The summed E-state index contributed by atoms with van der Waals surface area (Å²) in [7, 11) is -10.6. The zero-order chi connectivity index (χ0) is 20.0. The molecule has 0 aromatic heterocycles. The fraction of sp³-hybridized carbons (Fsp3) is 0.625. The highest BCUT2D eigenvalue weighted by Crippen LogP contribution is 2.27. The lowest BCUT2D eigenvalue weighted by Gasteiger charge is -2.31. The molecule has 2 aliphatic heterocycles. The molecule has 2 aliphatic rings. The van der Waals surface area contributed by atoms with Gasteiger partial charge >= 0.3 is 0 Å². The quantitative estimate of drug-likeness (QED) is 0.654. The van der Waals surface area contributed by atoms with Gasteiger partial charge in [-0.1, -0.05) is 12.1 Å². The van der Waals surface area contributed by atoms with Crippen molar-refractivity contribution in [1.29, 1.82) is 0 Å². The summed E-state index contributed by atoms with van der Waals surface area (Å²) in [4.78, 5) is 0.0974. The van der Waals surface area contributed by atoms with Crippen molar-refractivity contribution in [3.63, 3.8) is 0 Å². The van der Waals surface area contributed by atoms with E-state index in [0.717, 1.165) is 9.98 Å². The van der Waals surface area contributed by atoms with Crippen LogP contribution in [0.5, 0.6) is 0 Å². The van der Waals surface area contributed by atoms with E-state index < -0.39 is 41.8 Å². The van der Waals surface area contributed by atoms with E-state index in [0.29, 0.717) is 12.0 Å². The number of rotatable bonds is 5. The smallest absolute Gasteiger partial charge is 0.237 e. The molecule has 8 nitrogen and oxygen atoms in total. The summed E-state index contributed by atoms with van der Waals surface area (Å²) < 4.78 is 75.1. The lowest BCUT2D eigenvalue weighted by atomic mass is 10.2. The second-order valence-corrected chi connectivity index (χ2v) is 13.6. The number of hydrogen-bond donors (Lipinski definition) is 1. The van der Waals surface area contributed by atoms with Gasteiger partial charge in [0.15, 0.2) is 19.7 Å². The first-order valence-electron chi connectivity index (χ1n) is 8.68. The van der Waals surface area contributed by atoms with Crippen molar-refractivity contribution in [3.8, 4) is 0 Å². The van der Waals surface area contributed by atoms with Crippen molar-refractivity contribution in [3.05, 3.63) is 29.3 Å². The van der Waals surface area contributed by atoms with Crippen LogP contribution in [0.15, 0.2) is 23.1 Å². The Morgan fingerprint density at radius 2 is 1.63 bits per heavy atom. The highest BCUT2D eigenvalue weighted by Gasteiger charge is 2.42. The van der Waals surface area contributed by atoms with Crippen molar-refractivity contribution >= 4 is 29.7 Å². The van der Waals surface area contributed by atoms with Gasteiger partial charge in [0.05, 0.1) is 33.9 Å². The van der Waals surface area contributed by atoms with E-state index in [2.05, 4.69) is 5.43 Å². The van der Waals surface area contributed by atoms with E-state index in [1.807, 2.05) is 0 Å². The van der Waals surface area contributed by atoms with Gasteiger partial charge in [0.1, 0.15) is 0 Å². The van der Waals surface area contributed by atoms with Gasteiger partial charge in [-0.25, -0.2) is 30.7 Å². The first kappa shape index (κ1) is 20.7. The van der Waals surface area contributed by atoms with E-state index in [4.69, 9.17) is 0 Å². The lowest BCUT2D eigenvalue weighted by Crippen LogP contribution is -2.54. The molecule has 3 rings (SSSR count). The highest BCUT2D eigenvalue weighted by atomic mass is 32.2. The van der Waals surface area contributed by atoms with Gasteiger partial charge in [-0.3, -0.25) is 0 Å². The summed E-state index contributed by atoms with van der Waals surface area (Å²) in [6.45, 7) is 3.45. The van der Waals surface area contributed by atoms with Crippen LogP contribution in [0.3, 0.4) is 0 Å². The molecule has 2 heterocycles. The SMILES string of the molecule is Cc1ccc(C)c(S(=O)(=O)N(N[C@H]2CCS(=O)(=O)C2)[C@H]2CCS(=O)(=O)C2)c1. The second-order valence-electron chi connectivity index (χ2n) is 7.36. The largest absolute Gasteiger partial charge is 0.256 e. The van der Waals surface area contributed by atoms with E-state index >= 15 is 0 Å². The molecule has 0 bridgehead atoms. The van der Waals surface area contributed by atoms with Crippen LogP contribution in [0, 0.1) is 13.8 Å². The molecule has 27 heavy (non-hydrogen) atoms. The Bertz CT molecular complexity index is 1050. The van der Waals surface area contributed by atoms with Crippen molar-refractivity contribution in [1.82, 2.24) is 9.84 Å². The fourth-order valence-electron chi connectivity index (χ4n) is 3.50. The number of aryl methyl sites for hydroxylation is 2. The molecule has 1 aromatic carbocycles. The van der Waals surface area contributed by atoms with Gasteiger partial charge in [-0.15, -0.1) is 4.41 Å². The minimum Gasteiger partial charge on any atom is -0.237 e.